The van der Waals surface area contributed by atoms with E-state index in [0.29, 0.717) is 6.61 Å². The van der Waals surface area contributed by atoms with Crippen LogP contribution in [0.1, 0.15) is 58.8 Å². The van der Waals surface area contributed by atoms with E-state index in [2.05, 4.69) is 12.2 Å². The predicted molar refractivity (Wildman–Crippen MR) is 69.9 cm³/mol. The SMILES string of the molecule is CCCCCCC(NCC1CC1)C(=O)OCC. The van der Waals surface area contributed by atoms with Crippen LogP contribution in [0.25, 0.3) is 0 Å². The van der Waals surface area contributed by atoms with Gasteiger partial charge in [-0.05, 0) is 38.6 Å². The number of ether oxygens (including phenoxy) is 1. The molecule has 100 valence electrons. The molecular weight excluding hydrogens is 214 g/mol. The molecule has 1 aliphatic rings. The maximum absolute atomic E-state index is 11.8. The Labute approximate surface area is 105 Å². The first-order valence-electron chi connectivity index (χ1n) is 7.18. The van der Waals surface area contributed by atoms with Crippen LogP contribution in [0.2, 0.25) is 0 Å². The molecule has 0 bridgehead atoms. The zero-order valence-corrected chi connectivity index (χ0v) is 11.3. The summed E-state index contributed by atoms with van der Waals surface area (Å²) in [6, 6.07) is -0.0765. The lowest BCUT2D eigenvalue weighted by molar-refractivity contribution is -0.145. The molecule has 0 aliphatic heterocycles. The second kappa shape index (κ2) is 8.51. The zero-order chi connectivity index (χ0) is 12.5. The summed E-state index contributed by atoms with van der Waals surface area (Å²) in [7, 11) is 0. The van der Waals surface area contributed by atoms with Gasteiger partial charge in [-0.2, -0.15) is 0 Å². The van der Waals surface area contributed by atoms with E-state index in [1.807, 2.05) is 6.92 Å². The number of carbonyl (C=O) groups excluding carboxylic acids is 1. The van der Waals surface area contributed by atoms with Gasteiger partial charge in [-0.3, -0.25) is 4.79 Å². The highest BCUT2D eigenvalue weighted by Crippen LogP contribution is 2.27. The molecule has 0 spiro atoms. The van der Waals surface area contributed by atoms with Crippen molar-refractivity contribution in [2.24, 2.45) is 5.92 Å². The van der Waals surface area contributed by atoms with E-state index in [-0.39, 0.29) is 12.0 Å². The Balaban J connectivity index is 2.20. The maximum Gasteiger partial charge on any atom is 0.323 e. The van der Waals surface area contributed by atoms with Crippen LogP contribution in [0.15, 0.2) is 0 Å². The highest BCUT2D eigenvalue weighted by atomic mass is 16.5. The average Bonchev–Trinajstić information content (AvgIpc) is 3.12. The van der Waals surface area contributed by atoms with E-state index in [4.69, 9.17) is 4.74 Å². The Morgan fingerprint density at radius 3 is 2.65 bits per heavy atom. The van der Waals surface area contributed by atoms with Crippen LogP contribution in [0.5, 0.6) is 0 Å². The molecule has 1 rings (SSSR count). The number of unbranched alkanes of at least 4 members (excludes halogenated alkanes) is 3. The fourth-order valence-corrected chi connectivity index (χ4v) is 1.95. The van der Waals surface area contributed by atoms with Crippen molar-refractivity contribution in [3.63, 3.8) is 0 Å². The van der Waals surface area contributed by atoms with Crippen molar-refractivity contribution in [1.29, 1.82) is 0 Å². The highest BCUT2D eigenvalue weighted by molar-refractivity contribution is 5.75. The molecule has 1 unspecified atom stereocenters. The quantitative estimate of drug-likeness (QED) is 0.472. The van der Waals surface area contributed by atoms with Gasteiger partial charge < -0.3 is 10.1 Å². The number of nitrogens with one attached hydrogen (secondary N) is 1. The summed E-state index contributed by atoms with van der Waals surface area (Å²) in [5.41, 5.74) is 0. The van der Waals surface area contributed by atoms with Crippen molar-refractivity contribution in [2.45, 2.75) is 64.8 Å². The van der Waals surface area contributed by atoms with Gasteiger partial charge >= 0.3 is 5.97 Å². The first kappa shape index (κ1) is 14.5. The van der Waals surface area contributed by atoms with Crippen LogP contribution < -0.4 is 5.32 Å². The highest BCUT2D eigenvalue weighted by Gasteiger charge is 2.25. The molecule has 0 aromatic carbocycles. The van der Waals surface area contributed by atoms with E-state index in [9.17, 15) is 4.79 Å². The van der Waals surface area contributed by atoms with Crippen molar-refractivity contribution in [1.82, 2.24) is 5.32 Å². The molecule has 0 radical (unpaired) electrons. The fraction of sp³-hybridized carbons (Fsp3) is 0.929. The summed E-state index contributed by atoms with van der Waals surface area (Å²) in [4.78, 5) is 11.8. The average molecular weight is 241 g/mol. The summed E-state index contributed by atoms with van der Waals surface area (Å²) < 4.78 is 5.11. The van der Waals surface area contributed by atoms with Crippen LogP contribution in [-0.4, -0.2) is 25.2 Å². The van der Waals surface area contributed by atoms with Crippen molar-refractivity contribution in [3.8, 4) is 0 Å². The minimum atomic E-state index is -0.0765. The minimum absolute atomic E-state index is 0.0651. The normalized spacial score (nSPS) is 16.8. The summed E-state index contributed by atoms with van der Waals surface area (Å²) in [5, 5.41) is 3.37. The zero-order valence-electron chi connectivity index (χ0n) is 11.3. The maximum atomic E-state index is 11.8. The van der Waals surface area contributed by atoms with Gasteiger partial charge in [-0.15, -0.1) is 0 Å². The third-order valence-electron chi connectivity index (χ3n) is 3.27. The van der Waals surface area contributed by atoms with Gasteiger partial charge in [0, 0.05) is 0 Å². The molecule has 0 heterocycles. The second-order valence-electron chi connectivity index (χ2n) is 5.01. The lowest BCUT2D eigenvalue weighted by Crippen LogP contribution is -2.39. The largest absolute Gasteiger partial charge is 0.465 e. The van der Waals surface area contributed by atoms with Gasteiger partial charge in [0.1, 0.15) is 6.04 Å². The number of hydrogen-bond acceptors (Lipinski definition) is 3. The van der Waals surface area contributed by atoms with Crippen molar-refractivity contribution >= 4 is 5.97 Å². The Hall–Kier alpha value is -0.570. The Morgan fingerprint density at radius 1 is 1.29 bits per heavy atom. The van der Waals surface area contributed by atoms with Gasteiger partial charge in [0.15, 0.2) is 0 Å². The predicted octanol–water partition coefficient (Wildman–Crippen LogP) is 2.89. The Kier molecular flexibility index (Phi) is 7.25. The number of esters is 1. The molecule has 0 aromatic rings. The van der Waals surface area contributed by atoms with Crippen LogP contribution in [-0.2, 0) is 9.53 Å². The summed E-state index contributed by atoms with van der Waals surface area (Å²) in [5.74, 6) is 0.743. The molecule has 0 aromatic heterocycles. The van der Waals surface area contributed by atoms with E-state index >= 15 is 0 Å². The third kappa shape index (κ3) is 6.67. The molecule has 1 N–H and O–H groups in total. The van der Waals surface area contributed by atoms with Crippen LogP contribution in [0, 0.1) is 5.92 Å². The number of hydrogen-bond donors (Lipinski definition) is 1. The van der Waals surface area contributed by atoms with E-state index in [0.717, 1.165) is 25.3 Å². The summed E-state index contributed by atoms with van der Waals surface area (Å²) >= 11 is 0. The van der Waals surface area contributed by atoms with Gasteiger partial charge in [-0.1, -0.05) is 32.6 Å². The first-order valence-corrected chi connectivity index (χ1v) is 7.18. The van der Waals surface area contributed by atoms with Crippen molar-refractivity contribution in [2.75, 3.05) is 13.2 Å². The molecule has 1 atom stereocenters. The van der Waals surface area contributed by atoms with Crippen LogP contribution in [0.3, 0.4) is 0 Å². The van der Waals surface area contributed by atoms with Gasteiger partial charge in [0.2, 0.25) is 0 Å². The van der Waals surface area contributed by atoms with E-state index in [1.165, 1.54) is 32.1 Å². The van der Waals surface area contributed by atoms with Gasteiger partial charge in [0.25, 0.3) is 0 Å². The molecule has 0 saturated heterocycles. The molecule has 1 aliphatic carbocycles. The number of rotatable bonds is 10. The third-order valence-corrected chi connectivity index (χ3v) is 3.27. The molecular formula is C14H27NO2. The van der Waals surface area contributed by atoms with Crippen molar-refractivity contribution < 1.29 is 9.53 Å². The first-order chi connectivity index (χ1) is 8.27. The van der Waals surface area contributed by atoms with Gasteiger partial charge in [0.05, 0.1) is 6.61 Å². The summed E-state index contributed by atoms with van der Waals surface area (Å²) in [6.45, 7) is 5.54. The molecule has 0 amide bonds. The smallest absolute Gasteiger partial charge is 0.323 e. The van der Waals surface area contributed by atoms with E-state index in [1.54, 1.807) is 0 Å². The molecule has 3 nitrogen and oxygen atoms in total. The second-order valence-corrected chi connectivity index (χ2v) is 5.01. The topological polar surface area (TPSA) is 38.3 Å². The summed E-state index contributed by atoms with van der Waals surface area (Å²) in [6.07, 6.45) is 8.40. The van der Waals surface area contributed by atoms with E-state index < -0.39 is 0 Å². The van der Waals surface area contributed by atoms with Crippen molar-refractivity contribution in [3.05, 3.63) is 0 Å². The Morgan fingerprint density at radius 2 is 2.06 bits per heavy atom. The fourth-order valence-electron chi connectivity index (χ4n) is 1.95. The lowest BCUT2D eigenvalue weighted by atomic mass is 10.1. The Bertz CT molecular complexity index is 214. The molecule has 17 heavy (non-hydrogen) atoms. The lowest BCUT2D eigenvalue weighted by Gasteiger charge is -2.17. The molecule has 3 heteroatoms. The van der Waals surface area contributed by atoms with Crippen LogP contribution >= 0.6 is 0 Å². The monoisotopic (exact) mass is 241 g/mol. The standard InChI is InChI=1S/C14H27NO2/c1-3-5-6-7-8-13(14(16)17-4-2)15-11-12-9-10-12/h12-13,15H,3-11H2,1-2H3. The molecule has 1 saturated carbocycles. The molecule has 1 fully saturated rings. The van der Waals surface area contributed by atoms with Crippen LogP contribution in [0.4, 0.5) is 0 Å². The minimum Gasteiger partial charge on any atom is -0.465 e. The number of carbonyl (C=O) groups is 1. The van der Waals surface area contributed by atoms with Gasteiger partial charge in [-0.25, -0.2) is 0 Å².